The molecule has 0 aliphatic carbocycles. The highest BCUT2D eigenvalue weighted by molar-refractivity contribution is 6.11. The molecule has 28 heavy (non-hydrogen) atoms. The van der Waals surface area contributed by atoms with Gasteiger partial charge in [-0.3, -0.25) is 14.5 Å². The Hall–Kier alpha value is -3.09. The number of aryl methyl sites for hydroxylation is 3. The van der Waals surface area contributed by atoms with Crippen LogP contribution >= 0.6 is 0 Å². The van der Waals surface area contributed by atoms with E-state index in [1.165, 1.54) is 6.92 Å². The summed E-state index contributed by atoms with van der Waals surface area (Å²) in [5.41, 5.74) is 1.01. The lowest BCUT2D eigenvalue weighted by Gasteiger charge is -2.22. The van der Waals surface area contributed by atoms with E-state index in [0.29, 0.717) is 5.56 Å². The lowest BCUT2D eigenvalue weighted by molar-refractivity contribution is -0.130. The number of carbonyl (C=O) groups is 3. The van der Waals surface area contributed by atoms with Gasteiger partial charge in [-0.15, -0.1) is 0 Å². The molecule has 2 aromatic carbocycles. The van der Waals surface area contributed by atoms with Crippen LogP contribution in [0.2, 0.25) is 0 Å². The van der Waals surface area contributed by atoms with Crippen LogP contribution in [0.15, 0.2) is 30.3 Å². The third-order valence-corrected chi connectivity index (χ3v) is 5.18. The minimum Gasteiger partial charge on any atom is -0.319 e. The summed E-state index contributed by atoms with van der Waals surface area (Å²) in [5.74, 6) is -2.78. The quantitative estimate of drug-likeness (QED) is 0.646. The maximum absolute atomic E-state index is 14.2. The van der Waals surface area contributed by atoms with E-state index in [9.17, 15) is 23.2 Å². The molecule has 1 aliphatic heterocycles. The number of carbonyl (C=O) groups excluding carboxylic acids is 3. The number of hydrogen-bond donors (Lipinski definition) is 1. The van der Waals surface area contributed by atoms with Gasteiger partial charge in [0.05, 0.1) is 6.54 Å². The molecule has 5 nitrogen and oxygen atoms in total. The molecular weight excluding hydrogens is 366 g/mol. The van der Waals surface area contributed by atoms with Gasteiger partial charge in [-0.05, 0) is 68.7 Å². The van der Waals surface area contributed by atoms with Crippen molar-refractivity contribution in [3.8, 4) is 0 Å². The first-order chi connectivity index (χ1) is 13.0. The summed E-state index contributed by atoms with van der Waals surface area (Å²) in [6.07, 6.45) is 0. The molecule has 1 aliphatic rings. The minimum atomic E-state index is -1.79. The summed E-state index contributed by atoms with van der Waals surface area (Å²) in [4.78, 5) is 38.7. The number of urea groups is 1. The van der Waals surface area contributed by atoms with E-state index in [-0.39, 0.29) is 5.56 Å². The molecule has 0 spiro atoms. The lowest BCUT2D eigenvalue weighted by Crippen LogP contribution is -2.42. The number of hydrogen-bond acceptors (Lipinski definition) is 3. The monoisotopic (exact) mass is 386 g/mol. The SMILES string of the molecule is Cc1cc(C)c(C(=O)CN2C(=O)N[C@@](C)(c3cc(F)ccc3F)C2=O)cc1C. The van der Waals surface area contributed by atoms with Gasteiger partial charge in [0.25, 0.3) is 5.91 Å². The largest absolute Gasteiger partial charge is 0.325 e. The van der Waals surface area contributed by atoms with Crippen molar-refractivity contribution in [3.63, 3.8) is 0 Å². The van der Waals surface area contributed by atoms with Crippen molar-refractivity contribution in [2.24, 2.45) is 0 Å². The average Bonchev–Trinajstić information content (AvgIpc) is 2.84. The van der Waals surface area contributed by atoms with Crippen LogP contribution in [0, 0.1) is 32.4 Å². The molecule has 0 radical (unpaired) electrons. The van der Waals surface area contributed by atoms with Gasteiger partial charge in [0.2, 0.25) is 0 Å². The van der Waals surface area contributed by atoms with Crippen molar-refractivity contribution < 1.29 is 23.2 Å². The number of benzene rings is 2. The zero-order valence-corrected chi connectivity index (χ0v) is 16.0. The van der Waals surface area contributed by atoms with Crippen LogP contribution in [0.25, 0.3) is 0 Å². The summed E-state index contributed by atoms with van der Waals surface area (Å²) in [7, 11) is 0. The number of rotatable bonds is 4. The van der Waals surface area contributed by atoms with Crippen molar-refractivity contribution in [1.29, 1.82) is 0 Å². The zero-order valence-electron chi connectivity index (χ0n) is 16.0. The van der Waals surface area contributed by atoms with Gasteiger partial charge in [-0.2, -0.15) is 0 Å². The topological polar surface area (TPSA) is 66.5 Å². The van der Waals surface area contributed by atoms with Gasteiger partial charge in [0, 0.05) is 11.1 Å². The molecule has 1 heterocycles. The Morgan fingerprint density at radius 1 is 1.04 bits per heavy atom. The highest BCUT2D eigenvalue weighted by atomic mass is 19.1. The maximum Gasteiger partial charge on any atom is 0.325 e. The Morgan fingerprint density at radius 3 is 2.36 bits per heavy atom. The molecule has 1 N–H and O–H groups in total. The Balaban J connectivity index is 1.91. The summed E-state index contributed by atoms with van der Waals surface area (Å²) in [6.45, 7) is 6.37. The second kappa shape index (κ2) is 6.82. The van der Waals surface area contributed by atoms with E-state index in [2.05, 4.69) is 5.32 Å². The lowest BCUT2D eigenvalue weighted by atomic mass is 9.91. The third-order valence-electron chi connectivity index (χ3n) is 5.18. The van der Waals surface area contributed by atoms with Crippen molar-refractivity contribution in [2.75, 3.05) is 6.54 Å². The van der Waals surface area contributed by atoms with Gasteiger partial charge in [-0.25, -0.2) is 13.6 Å². The second-order valence-electron chi connectivity index (χ2n) is 7.25. The third kappa shape index (κ3) is 3.17. The summed E-state index contributed by atoms with van der Waals surface area (Å²) >= 11 is 0. The number of halogens is 2. The first-order valence-electron chi connectivity index (χ1n) is 8.75. The number of imide groups is 1. The van der Waals surface area contributed by atoms with Gasteiger partial charge < -0.3 is 5.32 Å². The number of ketones is 1. The van der Waals surface area contributed by atoms with Crippen molar-refractivity contribution in [2.45, 2.75) is 33.2 Å². The normalized spacial score (nSPS) is 19.1. The Kier molecular flexibility index (Phi) is 4.79. The standard InChI is InChI=1S/C21H20F2N2O3/c1-11-7-13(3)15(8-12(11)2)18(26)10-25-19(27)21(4,24-20(25)28)16-9-14(22)5-6-17(16)23/h5-9H,10H2,1-4H3,(H,24,28)/t21-/m0/s1. The highest BCUT2D eigenvalue weighted by Gasteiger charge is 2.50. The van der Waals surface area contributed by atoms with E-state index >= 15 is 0 Å². The predicted octanol–water partition coefficient (Wildman–Crippen LogP) is 3.54. The van der Waals surface area contributed by atoms with Crippen LogP contribution in [0.1, 0.15) is 39.5 Å². The van der Waals surface area contributed by atoms with E-state index in [0.717, 1.165) is 39.8 Å². The Labute approximate surface area is 161 Å². The number of nitrogens with zero attached hydrogens (tertiary/aromatic N) is 1. The molecule has 3 rings (SSSR count). The molecule has 2 aromatic rings. The molecule has 1 saturated heterocycles. The number of amides is 3. The summed E-state index contributed by atoms with van der Waals surface area (Å²) in [5, 5.41) is 2.38. The van der Waals surface area contributed by atoms with Crippen LogP contribution < -0.4 is 5.32 Å². The smallest absolute Gasteiger partial charge is 0.319 e. The van der Waals surface area contributed by atoms with Crippen LogP contribution in [0.3, 0.4) is 0 Å². The van der Waals surface area contributed by atoms with E-state index in [4.69, 9.17) is 0 Å². The van der Waals surface area contributed by atoms with Crippen molar-refractivity contribution >= 4 is 17.7 Å². The number of nitrogens with one attached hydrogen (secondary N) is 1. The Bertz CT molecular complexity index is 1020. The fraction of sp³-hybridized carbons (Fsp3) is 0.286. The molecule has 0 saturated carbocycles. The van der Waals surface area contributed by atoms with Crippen molar-refractivity contribution in [3.05, 3.63) is 69.8 Å². The van der Waals surface area contributed by atoms with Gasteiger partial charge in [-0.1, -0.05) is 6.07 Å². The molecule has 146 valence electrons. The fourth-order valence-corrected chi connectivity index (χ4v) is 3.39. The molecule has 0 aromatic heterocycles. The van der Waals surface area contributed by atoms with E-state index in [1.54, 1.807) is 13.0 Å². The summed E-state index contributed by atoms with van der Waals surface area (Å²) < 4.78 is 27.8. The highest BCUT2D eigenvalue weighted by Crippen LogP contribution is 2.31. The molecule has 7 heteroatoms. The van der Waals surface area contributed by atoms with Crippen LogP contribution in [-0.2, 0) is 10.3 Å². The van der Waals surface area contributed by atoms with E-state index in [1.807, 2.05) is 19.9 Å². The zero-order chi connectivity index (χ0) is 20.8. The number of Topliss-reactive ketones (excluding diaryl/α,β-unsaturated/α-hetero) is 1. The molecular formula is C21H20F2N2O3. The van der Waals surface area contributed by atoms with Crippen LogP contribution in [-0.4, -0.2) is 29.2 Å². The van der Waals surface area contributed by atoms with Gasteiger partial charge in [0.1, 0.15) is 17.2 Å². The maximum atomic E-state index is 14.2. The molecule has 1 atom stereocenters. The second-order valence-corrected chi connectivity index (χ2v) is 7.25. The summed E-state index contributed by atoms with van der Waals surface area (Å²) in [6, 6.07) is 5.43. The first-order valence-corrected chi connectivity index (χ1v) is 8.75. The Morgan fingerprint density at radius 2 is 1.68 bits per heavy atom. The molecule has 0 unspecified atom stereocenters. The first kappa shape index (κ1) is 19.7. The van der Waals surface area contributed by atoms with Gasteiger partial charge in [0.15, 0.2) is 5.78 Å². The molecule has 0 bridgehead atoms. The van der Waals surface area contributed by atoms with Crippen LogP contribution in [0.4, 0.5) is 13.6 Å². The molecule has 3 amide bonds. The average molecular weight is 386 g/mol. The fourth-order valence-electron chi connectivity index (χ4n) is 3.39. The van der Waals surface area contributed by atoms with Gasteiger partial charge >= 0.3 is 6.03 Å². The predicted molar refractivity (Wildman–Crippen MR) is 98.9 cm³/mol. The van der Waals surface area contributed by atoms with Crippen LogP contribution in [0.5, 0.6) is 0 Å². The van der Waals surface area contributed by atoms with E-state index < -0.39 is 41.4 Å². The van der Waals surface area contributed by atoms with Crippen molar-refractivity contribution in [1.82, 2.24) is 10.2 Å². The minimum absolute atomic E-state index is 0.289. The molecule has 1 fully saturated rings.